The zero-order valence-electron chi connectivity index (χ0n) is 7.95. The van der Waals surface area contributed by atoms with Crippen LogP contribution >= 0.6 is 0 Å². The number of phenolic OH excluding ortho intramolecular Hbond substituents is 1. The first kappa shape index (κ1) is 10.0. The maximum Gasteiger partial charge on any atom is 0.115 e. The third kappa shape index (κ3) is 2.44. The van der Waals surface area contributed by atoms with E-state index in [-0.39, 0.29) is 11.8 Å². The van der Waals surface area contributed by atoms with E-state index in [4.69, 9.17) is 10.5 Å². The van der Waals surface area contributed by atoms with Crippen LogP contribution in [0, 0.1) is 6.92 Å². The van der Waals surface area contributed by atoms with Gasteiger partial charge in [-0.25, -0.2) is 0 Å². The van der Waals surface area contributed by atoms with Crippen LogP contribution in [0.15, 0.2) is 18.2 Å². The van der Waals surface area contributed by atoms with E-state index >= 15 is 0 Å². The molecule has 0 aliphatic heterocycles. The van der Waals surface area contributed by atoms with Crippen LogP contribution in [0.5, 0.6) is 5.75 Å². The predicted molar refractivity (Wildman–Crippen MR) is 51.6 cm³/mol. The third-order valence-corrected chi connectivity index (χ3v) is 2.01. The smallest absolute Gasteiger partial charge is 0.115 e. The number of nitrogens with two attached hydrogens (primary N) is 1. The molecule has 0 saturated carbocycles. The van der Waals surface area contributed by atoms with Crippen molar-refractivity contribution in [2.24, 2.45) is 5.73 Å². The first-order valence-electron chi connectivity index (χ1n) is 4.19. The maximum absolute atomic E-state index is 9.26. The number of hydrogen-bond acceptors (Lipinski definition) is 3. The lowest BCUT2D eigenvalue weighted by Crippen LogP contribution is -2.17. The minimum Gasteiger partial charge on any atom is -0.508 e. The van der Waals surface area contributed by atoms with Gasteiger partial charge in [0.1, 0.15) is 5.75 Å². The Balaban J connectivity index is 2.91. The van der Waals surface area contributed by atoms with Crippen LogP contribution in [-0.4, -0.2) is 18.8 Å². The molecule has 1 atom stereocenters. The second-order valence-corrected chi connectivity index (χ2v) is 3.10. The monoisotopic (exact) mass is 181 g/mol. The molecule has 3 nitrogen and oxygen atoms in total. The van der Waals surface area contributed by atoms with Gasteiger partial charge >= 0.3 is 0 Å². The largest absolute Gasteiger partial charge is 0.508 e. The number of rotatable bonds is 3. The summed E-state index contributed by atoms with van der Waals surface area (Å²) in [6, 6.07) is 5.01. The second-order valence-electron chi connectivity index (χ2n) is 3.10. The molecule has 1 rings (SSSR count). The van der Waals surface area contributed by atoms with Gasteiger partial charge in [-0.3, -0.25) is 0 Å². The summed E-state index contributed by atoms with van der Waals surface area (Å²) in [6.45, 7) is 2.43. The third-order valence-electron chi connectivity index (χ3n) is 2.01. The van der Waals surface area contributed by atoms with Crippen molar-refractivity contribution in [2.45, 2.75) is 13.0 Å². The highest BCUT2D eigenvalue weighted by molar-refractivity contribution is 5.35. The van der Waals surface area contributed by atoms with Gasteiger partial charge in [0, 0.05) is 7.11 Å². The zero-order chi connectivity index (χ0) is 9.84. The van der Waals surface area contributed by atoms with Crippen LogP contribution in [0.25, 0.3) is 0 Å². The number of benzene rings is 1. The van der Waals surface area contributed by atoms with Gasteiger partial charge in [0.25, 0.3) is 0 Å². The Morgan fingerprint density at radius 2 is 2.23 bits per heavy atom. The number of aromatic hydroxyl groups is 1. The molecule has 13 heavy (non-hydrogen) atoms. The number of phenols is 1. The molecule has 0 radical (unpaired) electrons. The molecule has 0 spiro atoms. The lowest BCUT2D eigenvalue weighted by atomic mass is 10.0. The van der Waals surface area contributed by atoms with E-state index < -0.39 is 0 Å². The number of ether oxygens (including phenoxy) is 1. The minimum absolute atomic E-state index is 0.169. The fraction of sp³-hybridized carbons (Fsp3) is 0.400. The molecule has 0 bridgehead atoms. The van der Waals surface area contributed by atoms with Crippen molar-refractivity contribution in [3.63, 3.8) is 0 Å². The Hall–Kier alpha value is -1.06. The van der Waals surface area contributed by atoms with Gasteiger partial charge in [0.2, 0.25) is 0 Å². The quantitative estimate of drug-likeness (QED) is 0.740. The predicted octanol–water partition coefficient (Wildman–Crippen LogP) is 1.35. The first-order valence-corrected chi connectivity index (χ1v) is 4.19. The molecule has 0 heterocycles. The molecule has 1 aromatic carbocycles. The van der Waals surface area contributed by atoms with Crippen LogP contribution in [-0.2, 0) is 4.74 Å². The van der Waals surface area contributed by atoms with Crippen LogP contribution in [0.3, 0.4) is 0 Å². The van der Waals surface area contributed by atoms with Gasteiger partial charge < -0.3 is 15.6 Å². The molecule has 3 N–H and O–H groups in total. The first-order chi connectivity index (χ1) is 6.15. The summed E-state index contributed by atoms with van der Waals surface area (Å²) in [4.78, 5) is 0. The molecule has 0 amide bonds. The van der Waals surface area contributed by atoms with E-state index in [0.29, 0.717) is 6.61 Å². The average molecular weight is 181 g/mol. The topological polar surface area (TPSA) is 55.5 Å². The Morgan fingerprint density at radius 3 is 2.85 bits per heavy atom. The summed E-state index contributed by atoms with van der Waals surface area (Å²) in [6.07, 6.45) is 0. The zero-order valence-corrected chi connectivity index (χ0v) is 7.95. The van der Waals surface area contributed by atoms with Gasteiger partial charge in [0.15, 0.2) is 0 Å². The maximum atomic E-state index is 9.26. The molecule has 3 heteroatoms. The molecular weight excluding hydrogens is 166 g/mol. The van der Waals surface area contributed by atoms with Gasteiger partial charge in [0.05, 0.1) is 12.6 Å². The standard InChI is InChI=1S/C10H15NO2/c1-7-3-4-8(12)5-9(7)10(11)6-13-2/h3-5,10,12H,6,11H2,1-2H3/t10-/m1/s1. The van der Waals surface area contributed by atoms with E-state index in [1.165, 1.54) is 0 Å². The fourth-order valence-corrected chi connectivity index (χ4v) is 1.30. The van der Waals surface area contributed by atoms with E-state index in [1.54, 1.807) is 19.2 Å². The van der Waals surface area contributed by atoms with E-state index in [9.17, 15) is 5.11 Å². The van der Waals surface area contributed by atoms with Gasteiger partial charge in [-0.2, -0.15) is 0 Å². The Labute approximate surface area is 78.1 Å². The Morgan fingerprint density at radius 1 is 1.54 bits per heavy atom. The summed E-state index contributed by atoms with van der Waals surface area (Å²) in [5.74, 6) is 0.243. The van der Waals surface area contributed by atoms with E-state index in [0.717, 1.165) is 11.1 Å². The molecule has 0 aromatic heterocycles. The highest BCUT2D eigenvalue weighted by Gasteiger charge is 2.08. The molecule has 0 aliphatic carbocycles. The second kappa shape index (κ2) is 4.25. The summed E-state index contributed by atoms with van der Waals surface area (Å²) in [7, 11) is 1.61. The molecular formula is C10H15NO2. The molecule has 72 valence electrons. The molecule has 0 fully saturated rings. The van der Waals surface area contributed by atoms with Crippen LogP contribution in [0.4, 0.5) is 0 Å². The summed E-state index contributed by atoms with van der Waals surface area (Å²) >= 11 is 0. The lowest BCUT2D eigenvalue weighted by molar-refractivity contribution is 0.180. The van der Waals surface area contributed by atoms with Gasteiger partial charge in [-0.15, -0.1) is 0 Å². The van der Waals surface area contributed by atoms with Gasteiger partial charge in [-0.05, 0) is 30.2 Å². The number of methoxy groups -OCH3 is 1. The average Bonchev–Trinajstić information content (AvgIpc) is 2.09. The van der Waals surface area contributed by atoms with Crippen molar-refractivity contribution >= 4 is 0 Å². The summed E-state index contributed by atoms with van der Waals surface area (Å²) < 4.78 is 4.95. The van der Waals surface area contributed by atoms with Crippen molar-refractivity contribution in [1.82, 2.24) is 0 Å². The number of hydrogen-bond donors (Lipinski definition) is 2. The molecule has 1 aromatic rings. The Kier molecular flexibility index (Phi) is 3.28. The summed E-state index contributed by atoms with van der Waals surface area (Å²) in [5.41, 5.74) is 7.84. The highest BCUT2D eigenvalue weighted by atomic mass is 16.5. The van der Waals surface area contributed by atoms with Crippen LogP contribution in [0.2, 0.25) is 0 Å². The van der Waals surface area contributed by atoms with Crippen LogP contribution < -0.4 is 5.73 Å². The van der Waals surface area contributed by atoms with Crippen molar-refractivity contribution in [3.8, 4) is 5.75 Å². The summed E-state index contributed by atoms with van der Waals surface area (Å²) in [5, 5.41) is 9.26. The highest BCUT2D eigenvalue weighted by Crippen LogP contribution is 2.20. The molecule has 0 unspecified atom stereocenters. The van der Waals surface area contributed by atoms with Crippen molar-refractivity contribution in [3.05, 3.63) is 29.3 Å². The Bertz CT molecular complexity index is 286. The normalized spacial score (nSPS) is 12.8. The molecule has 0 saturated heterocycles. The van der Waals surface area contributed by atoms with Crippen molar-refractivity contribution in [1.29, 1.82) is 0 Å². The van der Waals surface area contributed by atoms with E-state index in [1.807, 2.05) is 13.0 Å². The van der Waals surface area contributed by atoms with Crippen LogP contribution in [0.1, 0.15) is 17.2 Å². The SMILES string of the molecule is COC[C@@H](N)c1cc(O)ccc1C. The molecule has 0 aliphatic rings. The minimum atomic E-state index is -0.169. The van der Waals surface area contributed by atoms with Crippen molar-refractivity contribution in [2.75, 3.05) is 13.7 Å². The van der Waals surface area contributed by atoms with Gasteiger partial charge in [-0.1, -0.05) is 6.07 Å². The van der Waals surface area contributed by atoms with Crippen molar-refractivity contribution < 1.29 is 9.84 Å². The fourth-order valence-electron chi connectivity index (χ4n) is 1.30. The number of aryl methyl sites for hydroxylation is 1. The lowest BCUT2D eigenvalue weighted by Gasteiger charge is -2.13. The van der Waals surface area contributed by atoms with E-state index in [2.05, 4.69) is 0 Å².